The average Bonchev–Trinajstić information content (AvgIpc) is 2.61. The number of hydrogen-bond acceptors (Lipinski definition) is 4. The second kappa shape index (κ2) is 3.14. The first-order chi connectivity index (χ1) is 6.36. The van der Waals surface area contributed by atoms with Crippen LogP contribution >= 0.6 is 0 Å². The van der Waals surface area contributed by atoms with Gasteiger partial charge in [0.05, 0.1) is 29.5 Å². The minimum atomic E-state index is 0.615. The maximum atomic E-state index is 5.68. The third-order valence-corrected chi connectivity index (χ3v) is 1.63. The summed E-state index contributed by atoms with van der Waals surface area (Å²) < 4.78 is 0. The molecule has 0 saturated heterocycles. The highest BCUT2D eigenvalue weighted by Crippen LogP contribution is 2.19. The average molecular weight is 175 g/mol. The standard InChI is InChI=1S/C8H9N5/c9-7-5-10-2-1-8(7)13-6-3-11-12-4-6/h1-5H,9H2,(H,10,13)(H,11,12). The number of hydrogen-bond donors (Lipinski definition) is 3. The molecule has 66 valence electrons. The molecule has 0 aliphatic heterocycles. The van der Waals surface area contributed by atoms with E-state index in [4.69, 9.17) is 5.73 Å². The van der Waals surface area contributed by atoms with Gasteiger partial charge < -0.3 is 11.1 Å². The normalized spacial score (nSPS) is 9.85. The van der Waals surface area contributed by atoms with Crippen LogP contribution in [0.15, 0.2) is 30.9 Å². The summed E-state index contributed by atoms with van der Waals surface area (Å²) in [6.45, 7) is 0. The van der Waals surface area contributed by atoms with Gasteiger partial charge in [-0.1, -0.05) is 0 Å². The second-order valence-electron chi connectivity index (χ2n) is 2.57. The summed E-state index contributed by atoms with van der Waals surface area (Å²) in [5.74, 6) is 0. The maximum Gasteiger partial charge on any atom is 0.0768 e. The second-order valence-corrected chi connectivity index (χ2v) is 2.57. The van der Waals surface area contributed by atoms with Gasteiger partial charge in [-0.3, -0.25) is 10.1 Å². The third kappa shape index (κ3) is 1.58. The van der Waals surface area contributed by atoms with Gasteiger partial charge >= 0.3 is 0 Å². The molecule has 2 heterocycles. The Hall–Kier alpha value is -2.04. The van der Waals surface area contributed by atoms with E-state index < -0.39 is 0 Å². The van der Waals surface area contributed by atoms with E-state index in [0.29, 0.717) is 5.69 Å². The molecule has 2 aromatic rings. The number of nitrogens with zero attached hydrogens (tertiary/aromatic N) is 2. The lowest BCUT2D eigenvalue weighted by atomic mass is 10.3. The summed E-state index contributed by atoms with van der Waals surface area (Å²) >= 11 is 0. The number of anilines is 3. The fourth-order valence-corrected chi connectivity index (χ4v) is 0.995. The van der Waals surface area contributed by atoms with E-state index in [9.17, 15) is 0 Å². The van der Waals surface area contributed by atoms with E-state index in [-0.39, 0.29) is 0 Å². The first-order valence-corrected chi connectivity index (χ1v) is 3.81. The number of aromatic amines is 1. The van der Waals surface area contributed by atoms with Crippen LogP contribution in [-0.2, 0) is 0 Å². The zero-order valence-corrected chi connectivity index (χ0v) is 6.86. The van der Waals surface area contributed by atoms with Gasteiger partial charge in [-0.15, -0.1) is 0 Å². The molecule has 2 rings (SSSR count). The number of nitrogens with one attached hydrogen (secondary N) is 2. The zero-order valence-electron chi connectivity index (χ0n) is 6.86. The molecule has 13 heavy (non-hydrogen) atoms. The highest BCUT2D eigenvalue weighted by atomic mass is 15.1. The topological polar surface area (TPSA) is 79.6 Å². The molecule has 0 atom stereocenters. The summed E-state index contributed by atoms with van der Waals surface area (Å²) in [5, 5.41) is 9.60. The molecule has 0 aliphatic rings. The molecule has 0 bridgehead atoms. The Balaban J connectivity index is 2.24. The van der Waals surface area contributed by atoms with Gasteiger partial charge in [-0.25, -0.2) is 0 Å². The fourth-order valence-electron chi connectivity index (χ4n) is 0.995. The number of rotatable bonds is 2. The molecule has 5 nitrogen and oxygen atoms in total. The molecule has 0 unspecified atom stereocenters. The number of pyridine rings is 1. The molecule has 0 amide bonds. The van der Waals surface area contributed by atoms with Crippen LogP contribution < -0.4 is 11.1 Å². The Morgan fingerprint density at radius 1 is 1.38 bits per heavy atom. The number of aromatic nitrogens is 3. The lowest BCUT2D eigenvalue weighted by molar-refractivity contribution is 1.09. The van der Waals surface area contributed by atoms with Crippen molar-refractivity contribution < 1.29 is 0 Å². The fraction of sp³-hybridized carbons (Fsp3) is 0. The minimum absolute atomic E-state index is 0.615. The van der Waals surface area contributed by atoms with E-state index >= 15 is 0 Å². The van der Waals surface area contributed by atoms with Crippen LogP contribution in [0.5, 0.6) is 0 Å². The first-order valence-electron chi connectivity index (χ1n) is 3.81. The van der Waals surface area contributed by atoms with Crippen molar-refractivity contribution in [2.75, 3.05) is 11.1 Å². The quantitative estimate of drug-likeness (QED) is 0.639. The summed E-state index contributed by atoms with van der Waals surface area (Å²) in [4.78, 5) is 3.89. The molecule has 0 saturated carbocycles. The highest BCUT2D eigenvalue weighted by Gasteiger charge is 1.98. The van der Waals surface area contributed by atoms with Gasteiger partial charge in [0, 0.05) is 12.4 Å². The highest BCUT2D eigenvalue weighted by molar-refractivity contribution is 5.70. The van der Waals surface area contributed by atoms with E-state index in [2.05, 4.69) is 20.5 Å². The Kier molecular flexibility index (Phi) is 1.84. The van der Waals surface area contributed by atoms with Crippen LogP contribution in [0.2, 0.25) is 0 Å². The predicted octanol–water partition coefficient (Wildman–Crippen LogP) is 1.13. The first kappa shape index (κ1) is 7.60. The summed E-state index contributed by atoms with van der Waals surface area (Å²) in [6, 6.07) is 1.81. The Labute approximate surface area is 75.0 Å². The molecule has 0 aromatic carbocycles. The molecule has 5 heteroatoms. The Bertz CT molecular complexity index is 381. The van der Waals surface area contributed by atoms with Crippen molar-refractivity contribution >= 4 is 17.1 Å². The van der Waals surface area contributed by atoms with Crippen molar-refractivity contribution in [3.05, 3.63) is 30.9 Å². The smallest absolute Gasteiger partial charge is 0.0768 e. The molecule has 0 spiro atoms. The molecule has 0 radical (unpaired) electrons. The van der Waals surface area contributed by atoms with Crippen molar-refractivity contribution in [1.82, 2.24) is 15.2 Å². The van der Waals surface area contributed by atoms with Crippen molar-refractivity contribution in [1.29, 1.82) is 0 Å². The molecule has 2 aromatic heterocycles. The summed E-state index contributed by atoms with van der Waals surface area (Å²) in [6.07, 6.45) is 6.71. The van der Waals surface area contributed by atoms with Gasteiger partial charge in [-0.05, 0) is 6.07 Å². The zero-order chi connectivity index (χ0) is 9.10. The van der Waals surface area contributed by atoms with Gasteiger partial charge in [0.15, 0.2) is 0 Å². The Morgan fingerprint density at radius 3 is 3.00 bits per heavy atom. The molecular formula is C8H9N5. The maximum absolute atomic E-state index is 5.68. The van der Waals surface area contributed by atoms with E-state index in [0.717, 1.165) is 11.4 Å². The molecule has 0 aliphatic carbocycles. The van der Waals surface area contributed by atoms with E-state index in [1.54, 1.807) is 24.8 Å². The van der Waals surface area contributed by atoms with Crippen LogP contribution in [-0.4, -0.2) is 15.2 Å². The third-order valence-electron chi connectivity index (χ3n) is 1.63. The summed E-state index contributed by atoms with van der Waals surface area (Å²) in [7, 11) is 0. The summed E-state index contributed by atoms with van der Waals surface area (Å²) in [5.41, 5.74) is 8.00. The molecular weight excluding hydrogens is 166 g/mol. The van der Waals surface area contributed by atoms with Crippen molar-refractivity contribution in [2.45, 2.75) is 0 Å². The van der Waals surface area contributed by atoms with Crippen LogP contribution in [0.1, 0.15) is 0 Å². The van der Waals surface area contributed by atoms with Crippen LogP contribution in [0.25, 0.3) is 0 Å². The van der Waals surface area contributed by atoms with Crippen molar-refractivity contribution in [2.24, 2.45) is 0 Å². The van der Waals surface area contributed by atoms with Crippen LogP contribution in [0, 0.1) is 0 Å². The van der Waals surface area contributed by atoms with E-state index in [1.165, 1.54) is 0 Å². The van der Waals surface area contributed by atoms with Crippen LogP contribution in [0.3, 0.4) is 0 Å². The van der Waals surface area contributed by atoms with Crippen molar-refractivity contribution in [3.8, 4) is 0 Å². The number of nitrogens with two attached hydrogens (primary N) is 1. The molecule has 4 N–H and O–H groups in total. The minimum Gasteiger partial charge on any atom is -0.396 e. The molecule has 0 fully saturated rings. The van der Waals surface area contributed by atoms with Gasteiger partial charge in [0.1, 0.15) is 0 Å². The predicted molar refractivity (Wildman–Crippen MR) is 50.5 cm³/mol. The largest absolute Gasteiger partial charge is 0.396 e. The lowest BCUT2D eigenvalue weighted by Gasteiger charge is -2.04. The number of H-pyrrole nitrogens is 1. The van der Waals surface area contributed by atoms with Crippen molar-refractivity contribution in [3.63, 3.8) is 0 Å². The van der Waals surface area contributed by atoms with Gasteiger partial charge in [0.2, 0.25) is 0 Å². The SMILES string of the molecule is Nc1cnccc1Nc1cn[nH]c1. The van der Waals surface area contributed by atoms with E-state index in [1.807, 2.05) is 6.07 Å². The van der Waals surface area contributed by atoms with Gasteiger partial charge in [-0.2, -0.15) is 5.10 Å². The van der Waals surface area contributed by atoms with Crippen LogP contribution in [0.4, 0.5) is 17.1 Å². The van der Waals surface area contributed by atoms with Gasteiger partial charge in [0.25, 0.3) is 0 Å². The lowest BCUT2D eigenvalue weighted by Crippen LogP contribution is -1.95. The number of nitrogen functional groups attached to an aromatic ring is 1. The monoisotopic (exact) mass is 175 g/mol. The Morgan fingerprint density at radius 2 is 2.31 bits per heavy atom.